The molecule has 0 spiro atoms. The van der Waals surface area contributed by atoms with Crippen molar-refractivity contribution < 1.29 is 14.3 Å². The second-order valence-electron chi connectivity index (χ2n) is 7.18. The molecule has 2 aliphatic rings. The van der Waals surface area contributed by atoms with Crippen LogP contribution in [0.5, 0.6) is 5.75 Å². The van der Waals surface area contributed by atoms with Crippen molar-refractivity contribution in [1.82, 2.24) is 9.88 Å². The molecular weight excluding hydrogens is 342 g/mol. The van der Waals surface area contributed by atoms with E-state index < -0.39 is 0 Å². The number of pyridine rings is 1. The van der Waals surface area contributed by atoms with Crippen molar-refractivity contribution >= 4 is 11.9 Å². The highest BCUT2D eigenvalue weighted by molar-refractivity contribution is 5.68. The lowest BCUT2D eigenvalue weighted by atomic mass is 10.1. The van der Waals surface area contributed by atoms with Crippen LogP contribution in [0.2, 0.25) is 0 Å². The van der Waals surface area contributed by atoms with E-state index in [-0.39, 0.29) is 12.2 Å². The molecule has 0 unspecified atom stereocenters. The van der Waals surface area contributed by atoms with Gasteiger partial charge in [-0.15, -0.1) is 0 Å². The van der Waals surface area contributed by atoms with E-state index in [1.165, 1.54) is 7.11 Å². The Labute approximate surface area is 159 Å². The first kappa shape index (κ1) is 17.6. The molecule has 1 aromatic heterocycles. The molecule has 0 radical (unpaired) electrons. The summed E-state index contributed by atoms with van der Waals surface area (Å²) in [6.07, 6.45) is 1.89. The summed E-state index contributed by atoms with van der Waals surface area (Å²) in [6.45, 7) is 5.03. The Morgan fingerprint density at radius 1 is 1.15 bits per heavy atom. The molecular formula is C21H25N3O3. The summed E-state index contributed by atoms with van der Waals surface area (Å²) in [5.74, 6) is 1.96. The quantitative estimate of drug-likeness (QED) is 0.831. The maximum Gasteiger partial charge on any atom is 0.410 e. The van der Waals surface area contributed by atoms with E-state index in [2.05, 4.69) is 17.9 Å². The van der Waals surface area contributed by atoms with Gasteiger partial charge in [-0.2, -0.15) is 0 Å². The lowest BCUT2D eigenvalue weighted by molar-refractivity contribution is 0.123. The normalized spacial score (nSPS) is 17.0. The van der Waals surface area contributed by atoms with Gasteiger partial charge >= 0.3 is 6.09 Å². The van der Waals surface area contributed by atoms with Gasteiger partial charge in [0.15, 0.2) is 0 Å². The minimum atomic E-state index is -0.300. The number of carbonyl (C=O) groups is 1. The first-order valence-electron chi connectivity index (χ1n) is 9.43. The van der Waals surface area contributed by atoms with E-state index >= 15 is 0 Å². The van der Waals surface area contributed by atoms with Crippen LogP contribution in [-0.2, 0) is 17.8 Å². The number of anilines is 1. The monoisotopic (exact) mass is 367 g/mol. The zero-order valence-electron chi connectivity index (χ0n) is 15.9. The van der Waals surface area contributed by atoms with Gasteiger partial charge in [-0.1, -0.05) is 18.2 Å². The van der Waals surface area contributed by atoms with Crippen molar-refractivity contribution in [1.29, 1.82) is 0 Å². The van der Waals surface area contributed by atoms with Crippen molar-refractivity contribution in [2.75, 3.05) is 25.1 Å². The Morgan fingerprint density at radius 2 is 1.89 bits per heavy atom. The Balaban J connectivity index is 1.41. The highest BCUT2D eigenvalue weighted by atomic mass is 16.5. The maximum absolute atomic E-state index is 11.8. The summed E-state index contributed by atoms with van der Waals surface area (Å²) in [6, 6.07) is 12.2. The molecule has 0 bridgehead atoms. The van der Waals surface area contributed by atoms with E-state index in [0.717, 1.165) is 54.3 Å². The molecule has 6 nitrogen and oxygen atoms in total. The van der Waals surface area contributed by atoms with E-state index in [0.29, 0.717) is 13.1 Å². The van der Waals surface area contributed by atoms with Gasteiger partial charge in [-0.25, -0.2) is 9.78 Å². The summed E-state index contributed by atoms with van der Waals surface area (Å²) < 4.78 is 10.9. The third-order valence-electron chi connectivity index (χ3n) is 5.28. The van der Waals surface area contributed by atoms with Crippen LogP contribution in [0.25, 0.3) is 0 Å². The molecule has 1 fully saturated rings. The molecule has 3 heterocycles. The number of piperidine rings is 1. The Morgan fingerprint density at radius 3 is 2.59 bits per heavy atom. The number of aryl methyl sites for hydroxylation is 1. The van der Waals surface area contributed by atoms with Gasteiger partial charge in [0.1, 0.15) is 17.7 Å². The van der Waals surface area contributed by atoms with Crippen LogP contribution in [0.1, 0.15) is 29.7 Å². The second kappa shape index (κ2) is 7.47. The maximum atomic E-state index is 11.8. The lowest BCUT2D eigenvalue weighted by Gasteiger charge is -2.34. The summed E-state index contributed by atoms with van der Waals surface area (Å²) in [4.78, 5) is 20.7. The number of aromatic nitrogens is 1. The predicted octanol–water partition coefficient (Wildman–Crippen LogP) is 3.52. The third-order valence-corrected chi connectivity index (χ3v) is 5.28. The standard InChI is InChI=1S/C21H25N3O3/c1-15-12-16-13-24(21(25)26-2)14-19(16)22-20(15)23-10-8-18(9-11-23)27-17-6-4-3-5-7-17/h3-7,12,18H,8-11,13-14H2,1-2H3. The number of ether oxygens (including phenoxy) is 2. The molecule has 4 rings (SSSR count). The molecule has 0 aliphatic carbocycles. The van der Waals surface area contributed by atoms with Gasteiger partial charge in [0.2, 0.25) is 0 Å². The fourth-order valence-electron chi connectivity index (χ4n) is 3.87. The van der Waals surface area contributed by atoms with Crippen molar-refractivity contribution in [3.05, 3.63) is 53.2 Å². The highest BCUT2D eigenvalue weighted by Gasteiger charge is 2.28. The fraction of sp³-hybridized carbons (Fsp3) is 0.429. The molecule has 0 saturated carbocycles. The Bertz CT molecular complexity index is 817. The van der Waals surface area contributed by atoms with Gasteiger partial charge < -0.3 is 14.4 Å². The minimum absolute atomic E-state index is 0.244. The molecule has 2 aliphatic heterocycles. The number of fused-ring (bicyclic) bond motifs is 1. The van der Waals surface area contributed by atoms with Gasteiger partial charge in [-0.3, -0.25) is 4.90 Å². The molecule has 142 valence electrons. The van der Waals surface area contributed by atoms with Gasteiger partial charge in [-0.05, 0) is 36.2 Å². The molecule has 1 amide bonds. The third kappa shape index (κ3) is 3.70. The van der Waals surface area contributed by atoms with E-state index in [1.54, 1.807) is 4.90 Å². The molecule has 2 aromatic rings. The summed E-state index contributed by atoms with van der Waals surface area (Å²) in [7, 11) is 1.41. The zero-order valence-corrected chi connectivity index (χ0v) is 15.9. The Hall–Kier alpha value is -2.76. The SMILES string of the molecule is COC(=O)N1Cc2cc(C)c(N3CCC(Oc4ccccc4)CC3)nc2C1. The lowest BCUT2D eigenvalue weighted by Crippen LogP contribution is -2.39. The number of nitrogens with zero attached hydrogens (tertiary/aromatic N) is 3. The van der Waals surface area contributed by atoms with E-state index in [4.69, 9.17) is 14.5 Å². The van der Waals surface area contributed by atoms with Crippen molar-refractivity contribution in [3.63, 3.8) is 0 Å². The van der Waals surface area contributed by atoms with Crippen LogP contribution in [0, 0.1) is 6.92 Å². The zero-order chi connectivity index (χ0) is 18.8. The smallest absolute Gasteiger partial charge is 0.410 e. The molecule has 0 atom stereocenters. The first-order valence-corrected chi connectivity index (χ1v) is 9.43. The molecule has 1 aromatic carbocycles. The average molecular weight is 367 g/mol. The van der Waals surface area contributed by atoms with Crippen LogP contribution in [0.4, 0.5) is 10.6 Å². The number of amides is 1. The first-order chi connectivity index (χ1) is 13.1. The fourth-order valence-corrected chi connectivity index (χ4v) is 3.87. The number of para-hydroxylation sites is 1. The van der Waals surface area contributed by atoms with Gasteiger partial charge in [0.25, 0.3) is 0 Å². The van der Waals surface area contributed by atoms with Gasteiger partial charge in [0, 0.05) is 25.9 Å². The minimum Gasteiger partial charge on any atom is -0.490 e. The number of benzene rings is 1. The summed E-state index contributed by atoms with van der Waals surface area (Å²) in [5.41, 5.74) is 3.25. The topological polar surface area (TPSA) is 54.9 Å². The molecule has 0 N–H and O–H groups in total. The van der Waals surface area contributed by atoms with Crippen LogP contribution < -0.4 is 9.64 Å². The van der Waals surface area contributed by atoms with Crippen molar-refractivity contribution in [3.8, 4) is 5.75 Å². The summed E-state index contributed by atoms with van der Waals surface area (Å²) in [5, 5.41) is 0. The molecule has 27 heavy (non-hydrogen) atoms. The van der Waals surface area contributed by atoms with E-state index in [9.17, 15) is 4.79 Å². The Kier molecular flexibility index (Phi) is 4.88. The largest absolute Gasteiger partial charge is 0.490 e. The van der Waals surface area contributed by atoms with Crippen molar-refractivity contribution in [2.45, 2.75) is 39.0 Å². The number of hydrogen-bond donors (Lipinski definition) is 0. The van der Waals surface area contributed by atoms with Crippen LogP contribution in [-0.4, -0.2) is 42.3 Å². The van der Waals surface area contributed by atoms with Crippen molar-refractivity contribution in [2.24, 2.45) is 0 Å². The number of hydrogen-bond acceptors (Lipinski definition) is 5. The molecule has 6 heteroatoms. The number of carbonyl (C=O) groups excluding carboxylic acids is 1. The second-order valence-corrected chi connectivity index (χ2v) is 7.18. The highest BCUT2D eigenvalue weighted by Crippen LogP contribution is 2.30. The van der Waals surface area contributed by atoms with Crippen LogP contribution in [0.15, 0.2) is 36.4 Å². The van der Waals surface area contributed by atoms with Crippen LogP contribution >= 0.6 is 0 Å². The van der Waals surface area contributed by atoms with E-state index in [1.807, 2.05) is 30.3 Å². The molecule has 1 saturated heterocycles. The number of methoxy groups -OCH3 is 1. The van der Waals surface area contributed by atoms with Crippen LogP contribution in [0.3, 0.4) is 0 Å². The van der Waals surface area contributed by atoms with Gasteiger partial charge in [0.05, 0.1) is 25.9 Å². The summed E-state index contributed by atoms with van der Waals surface area (Å²) >= 11 is 0. The average Bonchev–Trinajstić information content (AvgIpc) is 3.11. The predicted molar refractivity (Wildman–Crippen MR) is 103 cm³/mol. The number of rotatable bonds is 3.